The van der Waals surface area contributed by atoms with Crippen LogP contribution in [0.2, 0.25) is 0 Å². The van der Waals surface area contributed by atoms with Gasteiger partial charge in [-0.05, 0) is 36.4 Å². The number of aromatic nitrogens is 1. The number of rotatable bonds is 5. The highest BCUT2D eigenvalue weighted by Gasteiger charge is 2.18. The SMILES string of the molecule is COc1cccc(OC)c1C(=O)Nc1ccc(-c2nccs2)cc1. The summed E-state index contributed by atoms with van der Waals surface area (Å²) in [6, 6.07) is 12.8. The lowest BCUT2D eigenvalue weighted by atomic mass is 10.1. The number of nitrogens with one attached hydrogen (secondary N) is 1. The molecule has 1 aromatic heterocycles. The van der Waals surface area contributed by atoms with Gasteiger partial charge in [-0.2, -0.15) is 0 Å². The lowest BCUT2D eigenvalue weighted by molar-refractivity contribution is 0.102. The van der Waals surface area contributed by atoms with Gasteiger partial charge in [0.15, 0.2) is 0 Å². The van der Waals surface area contributed by atoms with Gasteiger partial charge in [0.1, 0.15) is 22.1 Å². The zero-order valence-corrected chi connectivity index (χ0v) is 14.1. The number of carbonyl (C=O) groups excluding carboxylic acids is 1. The van der Waals surface area contributed by atoms with Gasteiger partial charge in [-0.15, -0.1) is 11.3 Å². The number of amides is 1. The number of nitrogens with zero attached hydrogens (tertiary/aromatic N) is 1. The number of hydrogen-bond donors (Lipinski definition) is 1. The number of anilines is 1. The highest BCUT2D eigenvalue weighted by Crippen LogP contribution is 2.29. The predicted molar refractivity (Wildman–Crippen MR) is 95.0 cm³/mol. The Morgan fingerprint density at radius 3 is 2.25 bits per heavy atom. The van der Waals surface area contributed by atoms with E-state index in [9.17, 15) is 4.79 Å². The first-order valence-electron chi connectivity index (χ1n) is 7.25. The van der Waals surface area contributed by atoms with E-state index < -0.39 is 0 Å². The molecular formula is C18H16N2O3S. The third kappa shape index (κ3) is 3.23. The van der Waals surface area contributed by atoms with Crippen molar-refractivity contribution in [2.45, 2.75) is 0 Å². The van der Waals surface area contributed by atoms with Crippen molar-refractivity contribution in [3.8, 4) is 22.1 Å². The lowest BCUT2D eigenvalue weighted by Crippen LogP contribution is -2.14. The normalized spacial score (nSPS) is 10.2. The maximum atomic E-state index is 12.6. The molecule has 24 heavy (non-hydrogen) atoms. The summed E-state index contributed by atoms with van der Waals surface area (Å²) in [7, 11) is 3.04. The van der Waals surface area contributed by atoms with Crippen molar-refractivity contribution < 1.29 is 14.3 Å². The van der Waals surface area contributed by atoms with E-state index in [1.54, 1.807) is 35.7 Å². The van der Waals surface area contributed by atoms with E-state index in [0.29, 0.717) is 22.7 Å². The summed E-state index contributed by atoms with van der Waals surface area (Å²) >= 11 is 1.57. The Morgan fingerprint density at radius 2 is 1.71 bits per heavy atom. The summed E-state index contributed by atoms with van der Waals surface area (Å²) in [5, 5.41) is 5.74. The maximum Gasteiger partial charge on any atom is 0.263 e. The molecule has 2 aromatic carbocycles. The van der Waals surface area contributed by atoms with Crippen LogP contribution in [0, 0.1) is 0 Å². The molecule has 0 aliphatic carbocycles. The van der Waals surface area contributed by atoms with Crippen LogP contribution in [-0.2, 0) is 0 Å². The quantitative estimate of drug-likeness (QED) is 0.760. The van der Waals surface area contributed by atoms with Crippen LogP contribution in [0.15, 0.2) is 54.0 Å². The van der Waals surface area contributed by atoms with Gasteiger partial charge in [-0.1, -0.05) is 6.07 Å². The largest absolute Gasteiger partial charge is 0.496 e. The zero-order valence-electron chi connectivity index (χ0n) is 13.3. The second kappa shape index (κ2) is 7.14. The summed E-state index contributed by atoms with van der Waals surface area (Å²) in [6.45, 7) is 0. The van der Waals surface area contributed by atoms with Crippen LogP contribution in [0.5, 0.6) is 11.5 Å². The third-order valence-corrected chi connectivity index (χ3v) is 4.30. The summed E-state index contributed by atoms with van der Waals surface area (Å²) in [5.41, 5.74) is 2.07. The van der Waals surface area contributed by atoms with Crippen molar-refractivity contribution in [1.82, 2.24) is 4.98 Å². The molecule has 0 saturated carbocycles. The van der Waals surface area contributed by atoms with Gasteiger partial charge >= 0.3 is 0 Å². The van der Waals surface area contributed by atoms with Gasteiger partial charge in [-0.25, -0.2) is 4.98 Å². The second-order valence-electron chi connectivity index (χ2n) is 4.91. The molecule has 0 atom stereocenters. The standard InChI is InChI=1S/C18H16N2O3S/c1-22-14-4-3-5-15(23-2)16(14)17(21)20-13-8-6-12(7-9-13)18-19-10-11-24-18/h3-11H,1-2H3,(H,20,21). The van der Waals surface area contributed by atoms with Crippen LogP contribution in [-0.4, -0.2) is 25.1 Å². The van der Waals surface area contributed by atoms with Crippen LogP contribution in [0.1, 0.15) is 10.4 Å². The van der Waals surface area contributed by atoms with Crippen molar-refractivity contribution in [2.24, 2.45) is 0 Å². The van der Waals surface area contributed by atoms with Gasteiger partial charge in [0, 0.05) is 22.8 Å². The molecule has 3 rings (SSSR count). The van der Waals surface area contributed by atoms with Crippen LogP contribution < -0.4 is 14.8 Å². The highest BCUT2D eigenvalue weighted by atomic mass is 32.1. The summed E-state index contributed by atoms with van der Waals surface area (Å²) in [5.74, 6) is 0.642. The van der Waals surface area contributed by atoms with Crippen LogP contribution in [0.4, 0.5) is 5.69 Å². The highest BCUT2D eigenvalue weighted by molar-refractivity contribution is 7.13. The minimum Gasteiger partial charge on any atom is -0.496 e. The number of methoxy groups -OCH3 is 2. The molecule has 0 spiro atoms. The first kappa shape index (κ1) is 16.0. The predicted octanol–water partition coefficient (Wildman–Crippen LogP) is 4.08. The fourth-order valence-electron chi connectivity index (χ4n) is 2.33. The molecule has 0 aliphatic rings. The van der Waals surface area contributed by atoms with Crippen LogP contribution in [0.25, 0.3) is 10.6 Å². The van der Waals surface area contributed by atoms with E-state index in [1.807, 2.05) is 29.6 Å². The van der Waals surface area contributed by atoms with E-state index in [4.69, 9.17) is 9.47 Å². The average Bonchev–Trinajstić information content (AvgIpc) is 3.16. The minimum absolute atomic E-state index is 0.286. The number of hydrogen-bond acceptors (Lipinski definition) is 5. The van der Waals surface area contributed by atoms with Gasteiger partial charge < -0.3 is 14.8 Å². The van der Waals surface area contributed by atoms with Gasteiger partial charge in [0.25, 0.3) is 5.91 Å². The molecule has 5 nitrogen and oxygen atoms in total. The fraction of sp³-hybridized carbons (Fsp3) is 0.111. The van der Waals surface area contributed by atoms with Crippen molar-refractivity contribution in [1.29, 1.82) is 0 Å². The molecule has 3 aromatic rings. The Balaban J connectivity index is 1.83. The van der Waals surface area contributed by atoms with Crippen LogP contribution >= 0.6 is 11.3 Å². The molecule has 1 amide bonds. The Morgan fingerprint density at radius 1 is 1.04 bits per heavy atom. The molecule has 1 heterocycles. The van der Waals surface area contributed by atoms with E-state index >= 15 is 0 Å². The Labute approximate surface area is 143 Å². The Kier molecular flexibility index (Phi) is 4.77. The number of benzene rings is 2. The maximum absolute atomic E-state index is 12.6. The second-order valence-corrected chi connectivity index (χ2v) is 5.80. The molecule has 122 valence electrons. The van der Waals surface area contributed by atoms with E-state index in [-0.39, 0.29) is 5.91 Å². The van der Waals surface area contributed by atoms with E-state index in [2.05, 4.69) is 10.3 Å². The van der Waals surface area contributed by atoms with Crippen molar-refractivity contribution in [3.05, 3.63) is 59.6 Å². The molecule has 0 bridgehead atoms. The van der Waals surface area contributed by atoms with Crippen molar-refractivity contribution in [2.75, 3.05) is 19.5 Å². The summed E-state index contributed by atoms with van der Waals surface area (Å²) < 4.78 is 10.5. The topological polar surface area (TPSA) is 60.5 Å². The molecule has 0 fully saturated rings. The summed E-state index contributed by atoms with van der Waals surface area (Å²) in [4.78, 5) is 16.9. The number of ether oxygens (including phenoxy) is 2. The molecule has 0 aliphatic heterocycles. The van der Waals surface area contributed by atoms with Crippen molar-refractivity contribution >= 4 is 22.9 Å². The third-order valence-electron chi connectivity index (χ3n) is 3.48. The molecule has 6 heteroatoms. The van der Waals surface area contributed by atoms with E-state index in [1.165, 1.54) is 14.2 Å². The molecule has 0 unspecified atom stereocenters. The summed E-state index contributed by atoms with van der Waals surface area (Å²) in [6.07, 6.45) is 1.77. The van der Waals surface area contributed by atoms with Crippen LogP contribution in [0.3, 0.4) is 0 Å². The van der Waals surface area contributed by atoms with Crippen molar-refractivity contribution in [3.63, 3.8) is 0 Å². The lowest BCUT2D eigenvalue weighted by Gasteiger charge is -2.13. The number of carbonyl (C=O) groups is 1. The Hall–Kier alpha value is -2.86. The first-order valence-corrected chi connectivity index (χ1v) is 8.13. The molecule has 1 N–H and O–H groups in total. The number of thiazole rings is 1. The van der Waals surface area contributed by atoms with Gasteiger partial charge in [0.2, 0.25) is 0 Å². The zero-order chi connectivity index (χ0) is 16.9. The minimum atomic E-state index is -0.286. The molecular weight excluding hydrogens is 324 g/mol. The average molecular weight is 340 g/mol. The fourth-order valence-corrected chi connectivity index (χ4v) is 2.98. The van der Waals surface area contributed by atoms with Gasteiger partial charge in [0.05, 0.1) is 14.2 Å². The van der Waals surface area contributed by atoms with E-state index in [0.717, 1.165) is 10.6 Å². The Bertz CT molecular complexity index is 808. The smallest absolute Gasteiger partial charge is 0.263 e. The monoisotopic (exact) mass is 340 g/mol. The molecule has 0 saturated heterocycles. The first-order chi connectivity index (χ1) is 11.7. The van der Waals surface area contributed by atoms with Gasteiger partial charge in [-0.3, -0.25) is 4.79 Å². The molecule has 0 radical (unpaired) electrons.